The van der Waals surface area contributed by atoms with E-state index in [4.69, 9.17) is 0 Å². The molecule has 0 bridgehead atoms. The topological polar surface area (TPSA) is 61.4 Å². The highest BCUT2D eigenvalue weighted by Gasteiger charge is 2.22. The van der Waals surface area contributed by atoms with E-state index in [1.165, 1.54) is 12.1 Å². The van der Waals surface area contributed by atoms with Crippen molar-refractivity contribution in [2.45, 2.75) is 43.2 Å². The molecule has 1 heterocycles. The Balaban J connectivity index is 1.92. The average molecular weight is 312 g/mol. The minimum absolute atomic E-state index is 0.180. The van der Waals surface area contributed by atoms with Crippen LogP contribution in [0.4, 0.5) is 9.18 Å². The maximum Gasteiger partial charge on any atom is 0.315 e. The van der Waals surface area contributed by atoms with Gasteiger partial charge in [0.25, 0.3) is 0 Å². The molecule has 0 fully saturated rings. The highest BCUT2D eigenvalue weighted by molar-refractivity contribution is 7.99. The number of carbonyl (C=O) groups is 1. The van der Waals surface area contributed by atoms with Gasteiger partial charge in [0.15, 0.2) is 0 Å². The lowest BCUT2D eigenvalue weighted by Crippen LogP contribution is -2.42. The van der Waals surface area contributed by atoms with Gasteiger partial charge in [0.1, 0.15) is 5.82 Å². The smallest absolute Gasteiger partial charge is 0.315 e. The zero-order chi connectivity index (χ0) is 15.2. The number of benzene rings is 1. The number of amides is 2. The standard InChI is InChI=1S/C15H21FN2O2S/c1-2-3-11(19)9-17-15(20)18-13-6-7-21-14-5-4-10(16)8-12(13)14/h4-5,8,11,13,19H,2-3,6-7,9H2,1H3,(H2,17,18,20). The number of aliphatic hydroxyl groups excluding tert-OH is 1. The number of hydrogen-bond acceptors (Lipinski definition) is 3. The number of carbonyl (C=O) groups excluding carboxylic acids is 1. The molecule has 1 aliphatic heterocycles. The minimum atomic E-state index is -0.521. The van der Waals surface area contributed by atoms with Gasteiger partial charge in [-0.15, -0.1) is 11.8 Å². The summed E-state index contributed by atoms with van der Waals surface area (Å²) in [6, 6.07) is 4.18. The molecule has 2 amide bonds. The van der Waals surface area contributed by atoms with E-state index in [1.807, 2.05) is 6.92 Å². The molecule has 2 rings (SSSR count). The van der Waals surface area contributed by atoms with Crippen molar-refractivity contribution in [2.75, 3.05) is 12.3 Å². The van der Waals surface area contributed by atoms with E-state index in [1.54, 1.807) is 17.8 Å². The molecule has 1 aromatic carbocycles. The number of rotatable bonds is 5. The summed E-state index contributed by atoms with van der Waals surface area (Å²) in [5.41, 5.74) is 0.829. The van der Waals surface area contributed by atoms with E-state index in [9.17, 15) is 14.3 Å². The Morgan fingerprint density at radius 2 is 2.38 bits per heavy atom. The number of aliphatic hydroxyl groups is 1. The highest BCUT2D eigenvalue weighted by Crippen LogP contribution is 2.36. The Bertz CT molecular complexity index is 499. The fourth-order valence-corrected chi connectivity index (χ4v) is 3.48. The summed E-state index contributed by atoms with van der Waals surface area (Å²) in [7, 11) is 0. The summed E-state index contributed by atoms with van der Waals surface area (Å²) >= 11 is 1.67. The van der Waals surface area contributed by atoms with Crippen molar-refractivity contribution >= 4 is 17.8 Å². The van der Waals surface area contributed by atoms with Crippen LogP contribution in [0.3, 0.4) is 0 Å². The quantitative estimate of drug-likeness (QED) is 0.783. The Hall–Kier alpha value is -1.27. The van der Waals surface area contributed by atoms with Crippen molar-refractivity contribution in [1.29, 1.82) is 0 Å². The second kappa shape index (κ2) is 7.66. The third-order valence-electron chi connectivity index (χ3n) is 3.44. The van der Waals surface area contributed by atoms with Crippen LogP contribution in [-0.2, 0) is 0 Å². The van der Waals surface area contributed by atoms with Crippen LogP contribution in [0.5, 0.6) is 0 Å². The van der Waals surface area contributed by atoms with Crippen LogP contribution in [-0.4, -0.2) is 29.5 Å². The van der Waals surface area contributed by atoms with Crippen LogP contribution in [0.2, 0.25) is 0 Å². The second-order valence-corrected chi connectivity index (χ2v) is 6.31. The number of fused-ring (bicyclic) bond motifs is 1. The van der Waals surface area contributed by atoms with E-state index < -0.39 is 6.10 Å². The van der Waals surface area contributed by atoms with Crippen molar-refractivity contribution in [3.05, 3.63) is 29.6 Å². The summed E-state index contributed by atoms with van der Waals surface area (Å²) in [4.78, 5) is 12.9. The number of urea groups is 1. The number of thioether (sulfide) groups is 1. The summed E-state index contributed by atoms with van der Waals surface area (Å²) in [6.45, 7) is 2.21. The van der Waals surface area contributed by atoms with Crippen LogP contribution in [0, 0.1) is 5.82 Å². The van der Waals surface area contributed by atoms with Crippen molar-refractivity contribution in [1.82, 2.24) is 10.6 Å². The molecule has 0 radical (unpaired) electrons. The molecule has 0 aliphatic carbocycles. The zero-order valence-electron chi connectivity index (χ0n) is 12.1. The molecular formula is C15H21FN2O2S. The molecule has 1 aromatic rings. The largest absolute Gasteiger partial charge is 0.391 e. The first kappa shape index (κ1) is 16.1. The van der Waals surface area contributed by atoms with Crippen LogP contribution in [0.1, 0.15) is 37.8 Å². The van der Waals surface area contributed by atoms with Gasteiger partial charge in [-0.2, -0.15) is 0 Å². The monoisotopic (exact) mass is 312 g/mol. The van der Waals surface area contributed by atoms with Crippen LogP contribution in [0.25, 0.3) is 0 Å². The van der Waals surface area contributed by atoms with Crippen molar-refractivity contribution in [3.8, 4) is 0 Å². The minimum Gasteiger partial charge on any atom is -0.391 e. The maximum absolute atomic E-state index is 13.4. The summed E-state index contributed by atoms with van der Waals surface area (Å²) < 4.78 is 13.4. The first-order valence-corrected chi connectivity index (χ1v) is 8.23. The number of hydrogen-bond donors (Lipinski definition) is 3. The number of halogens is 1. The number of nitrogens with one attached hydrogen (secondary N) is 2. The van der Waals surface area contributed by atoms with Gasteiger partial charge >= 0.3 is 6.03 Å². The average Bonchev–Trinajstić information content (AvgIpc) is 2.46. The van der Waals surface area contributed by atoms with Crippen molar-refractivity contribution in [2.24, 2.45) is 0 Å². The van der Waals surface area contributed by atoms with Gasteiger partial charge in [-0.05, 0) is 36.6 Å². The molecule has 0 saturated carbocycles. The molecule has 0 spiro atoms. The molecule has 1 aliphatic rings. The fraction of sp³-hybridized carbons (Fsp3) is 0.533. The predicted octanol–water partition coefficient (Wildman–Crippen LogP) is 2.82. The molecule has 21 heavy (non-hydrogen) atoms. The third kappa shape index (κ3) is 4.61. The fourth-order valence-electron chi connectivity index (χ4n) is 2.37. The molecule has 0 saturated heterocycles. The predicted molar refractivity (Wildman–Crippen MR) is 81.9 cm³/mol. The first-order valence-electron chi connectivity index (χ1n) is 7.24. The van der Waals surface area contributed by atoms with Gasteiger partial charge in [-0.25, -0.2) is 9.18 Å². The van der Waals surface area contributed by atoms with Gasteiger partial charge < -0.3 is 15.7 Å². The zero-order valence-corrected chi connectivity index (χ0v) is 12.9. The van der Waals surface area contributed by atoms with E-state index in [-0.39, 0.29) is 24.4 Å². The van der Waals surface area contributed by atoms with E-state index in [0.717, 1.165) is 29.1 Å². The molecule has 0 aromatic heterocycles. The van der Waals surface area contributed by atoms with Gasteiger partial charge in [0.05, 0.1) is 12.1 Å². The Kier molecular flexibility index (Phi) is 5.87. The molecule has 2 atom stereocenters. The first-order chi connectivity index (χ1) is 10.1. The van der Waals surface area contributed by atoms with Crippen molar-refractivity contribution < 1.29 is 14.3 Å². The van der Waals surface area contributed by atoms with Crippen LogP contribution >= 0.6 is 11.8 Å². The normalized spacial score (nSPS) is 18.7. The molecule has 3 N–H and O–H groups in total. The van der Waals surface area contributed by atoms with Crippen LogP contribution in [0.15, 0.2) is 23.1 Å². The summed E-state index contributed by atoms with van der Waals surface area (Å²) in [5, 5.41) is 15.1. The van der Waals surface area contributed by atoms with Gasteiger partial charge in [0, 0.05) is 17.2 Å². The van der Waals surface area contributed by atoms with E-state index in [0.29, 0.717) is 6.42 Å². The molecule has 6 heteroatoms. The lowest BCUT2D eigenvalue weighted by atomic mass is 10.0. The van der Waals surface area contributed by atoms with Gasteiger partial charge in [0.2, 0.25) is 0 Å². The third-order valence-corrected chi connectivity index (χ3v) is 4.56. The van der Waals surface area contributed by atoms with E-state index in [2.05, 4.69) is 10.6 Å². The lowest BCUT2D eigenvalue weighted by Gasteiger charge is -2.26. The van der Waals surface area contributed by atoms with Crippen LogP contribution < -0.4 is 10.6 Å². The molecular weight excluding hydrogens is 291 g/mol. The highest BCUT2D eigenvalue weighted by atomic mass is 32.2. The Morgan fingerprint density at radius 3 is 3.14 bits per heavy atom. The lowest BCUT2D eigenvalue weighted by molar-refractivity contribution is 0.160. The van der Waals surface area contributed by atoms with Gasteiger partial charge in [-0.3, -0.25) is 0 Å². The van der Waals surface area contributed by atoms with Gasteiger partial charge in [-0.1, -0.05) is 13.3 Å². The maximum atomic E-state index is 13.4. The van der Waals surface area contributed by atoms with Crippen molar-refractivity contribution in [3.63, 3.8) is 0 Å². The Labute approximate surface area is 128 Å². The molecule has 4 nitrogen and oxygen atoms in total. The SMILES string of the molecule is CCCC(O)CNC(=O)NC1CCSc2ccc(F)cc21. The summed E-state index contributed by atoms with van der Waals surface area (Å²) in [5.74, 6) is 0.601. The Morgan fingerprint density at radius 1 is 1.57 bits per heavy atom. The van der Waals surface area contributed by atoms with E-state index >= 15 is 0 Å². The summed E-state index contributed by atoms with van der Waals surface area (Å²) in [6.07, 6.45) is 1.78. The molecule has 116 valence electrons. The molecule has 2 unspecified atom stereocenters. The second-order valence-electron chi connectivity index (χ2n) is 5.17.